The molecule has 0 saturated heterocycles. The van der Waals surface area contributed by atoms with Gasteiger partial charge in [-0.15, -0.1) is 5.10 Å². The number of anilines is 1. The van der Waals surface area contributed by atoms with Crippen molar-refractivity contribution in [2.45, 2.75) is 19.4 Å². The van der Waals surface area contributed by atoms with E-state index in [1.807, 2.05) is 24.3 Å². The fraction of sp³-hybridized carbons (Fsp3) is 0.286. The summed E-state index contributed by atoms with van der Waals surface area (Å²) < 4.78 is 0. The molecule has 2 aromatic rings. The van der Waals surface area contributed by atoms with Crippen LogP contribution in [0, 0.1) is 0 Å². The molecule has 3 nitrogen and oxygen atoms in total. The lowest BCUT2D eigenvalue weighted by atomic mass is 10.1. The summed E-state index contributed by atoms with van der Waals surface area (Å²) in [4.78, 5) is 2.20. The maximum absolute atomic E-state index is 6.24. The Morgan fingerprint density at radius 2 is 1.85 bits per heavy atom. The molecule has 0 radical (unpaired) electrons. The maximum atomic E-state index is 6.24. The highest BCUT2D eigenvalue weighted by Gasteiger charge is 2.20. The minimum Gasteiger partial charge on any atom is -0.365 e. The molecule has 0 bridgehead atoms. The van der Waals surface area contributed by atoms with Crippen LogP contribution in [-0.4, -0.2) is 16.7 Å². The lowest BCUT2D eigenvalue weighted by Gasteiger charge is -2.30. The van der Waals surface area contributed by atoms with Crippen molar-refractivity contribution in [3.63, 3.8) is 0 Å². The molecule has 1 aliphatic heterocycles. The van der Waals surface area contributed by atoms with Gasteiger partial charge >= 0.3 is 0 Å². The number of fused-ring (bicyclic) bond motifs is 1. The average Bonchev–Trinajstić information content (AvgIpc) is 2.43. The Bertz CT molecular complexity index is 625. The topological polar surface area (TPSA) is 29.0 Å². The molecule has 104 valence electrons. The Balaban J connectivity index is 1.95. The zero-order valence-corrected chi connectivity index (χ0v) is 12.9. The molecule has 0 N–H and O–H groups in total. The van der Waals surface area contributed by atoms with E-state index in [0.717, 1.165) is 36.3 Å². The van der Waals surface area contributed by atoms with Crippen LogP contribution >= 0.6 is 34.8 Å². The Labute approximate surface area is 132 Å². The summed E-state index contributed by atoms with van der Waals surface area (Å²) in [5.41, 5.74) is 2.92. The first-order valence-corrected chi connectivity index (χ1v) is 7.48. The number of nitrogens with zero attached hydrogens (tertiary/aromatic N) is 3. The highest BCUT2D eigenvalue weighted by atomic mass is 35.5. The van der Waals surface area contributed by atoms with Crippen molar-refractivity contribution in [2.24, 2.45) is 0 Å². The summed E-state index contributed by atoms with van der Waals surface area (Å²) in [6.45, 7) is 1.57. The smallest absolute Gasteiger partial charge is 0.153 e. The summed E-state index contributed by atoms with van der Waals surface area (Å²) in [5.74, 6) is 0. The third-order valence-electron chi connectivity index (χ3n) is 3.41. The Kier molecular flexibility index (Phi) is 4.01. The molecule has 1 aromatic carbocycles. The van der Waals surface area contributed by atoms with Crippen molar-refractivity contribution < 1.29 is 0 Å². The van der Waals surface area contributed by atoms with Gasteiger partial charge in [0.05, 0.1) is 11.4 Å². The van der Waals surface area contributed by atoms with Crippen LogP contribution in [0.1, 0.15) is 17.7 Å². The van der Waals surface area contributed by atoms with E-state index in [4.69, 9.17) is 34.8 Å². The number of hydrogen-bond acceptors (Lipinski definition) is 3. The van der Waals surface area contributed by atoms with Gasteiger partial charge in [0.15, 0.2) is 5.15 Å². The molecule has 3 rings (SSSR count). The van der Waals surface area contributed by atoms with Gasteiger partial charge in [-0.1, -0.05) is 40.9 Å². The predicted molar refractivity (Wildman–Crippen MR) is 82.9 cm³/mol. The predicted octanol–water partition coefficient (Wildman–Crippen LogP) is 4.39. The van der Waals surface area contributed by atoms with Crippen LogP contribution in [-0.2, 0) is 13.0 Å². The molecular weight excluding hydrogens is 317 g/mol. The number of aryl methyl sites for hydroxylation is 1. The van der Waals surface area contributed by atoms with E-state index >= 15 is 0 Å². The Morgan fingerprint density at radius 1 is 1.10 bits per heavy atom. The van der Waals surface area contributed by atoms with E-state index in [1.54, 1.807) is 0 Å². The molecule has 0 spiro atoms. The fourth-order valence-corrected chi connectivity index (χ4v) is 3.09. The molecule has 0 fully saturated rings. The zero-order chi connectivity index (χ0) is 14.1. The molecule has 1 aromatic heterocycles. The molecule has 0 amide bonds. The van der Waals surface area contributed by atoms with Crippen LogP contribution in [0.4, 0.5) is 5.69 Å². The molecule has 20 heavy (non-hydrogen) atoms. The second-order valence-electron chi connectivity index (χ2n) is 4.72. The highest BCUT2D eigenvalue weighted by molar-refractivity contribution is 6.36. The van der Waals surface area contributed by atoms with Crippen molar-refractivity contribution in [3.8, 4) is 0 Å². The van der Waals surface area contributed by atoms with Gasteiger partial charge in [-0.2, -0.15) is 5.10 Å². The van der Waals surface area contributed by atoms with Crippen molar-refractivity contribution >= 4 is 40.5 Å². The standard InChI is InChI=1S/C14H12Cl3N3/c15-10-3-1-4-11(16)9(10)8-20-6-2-5-12-13(20)7-14(17)19-18-12/h1,3-4,7H,2,5-6,8H2. The summed E-state index contributed by atoms with van der Waals surface area (Å²) in [7, 11) is 0. The maximum Gasteiger partial charge on any atom is 0.153 e. The third kappa shape index (κ3) is 2.71. The van der Waals surface area contributed by atoms with E-state index in [1.165, 1.54) is 0 Å². The van der Waals surface area contributed by atoms with Gasteiger partial charge in [-0.05, 0) is 25.0 Å². The minimum absolute atomic E-state index is 0.404. The van der Waals surface area contributed by atoms with Gasteiger partial charge in [-0.25, -0.2) is 0 Å². The first-order valence-electron chi connectivity index (χ1n) is 6.35. The van der Waals surface area contributed by atoms with Crippen LogP contribution in [0.5, 0.6) is 0 Å². The van der Waals surface area contributed by atoms with Crippen molar-refractivity contribution in [3.05, 3.63) is 50.7 Å². The number of aromatic nitrogens is 2. The lowest BCUT2D eigenvalue weighted by molar-refractivity contribution is 0.666. The average molecular weight is 329 g/mol. The Morgan fingerprint density at radius 3 is 2.60 bits per heavy atom. The van der Waals surface area contributed by atoms with Crippen molar-refractivity contribution in [2.75, 3.05) is 11.4 Å². The number of benzene rings is 1. The van der Waals surface area contributed by atoms with Crippen LogP contribution in [0.3, 0.4) is 0 Å². The van der Waals surface area contributed by atoms with E-state index < -0.39 is 0 Å². The normalized spacial score (nSPS) is 14.2. The minimum atomic E-state index is 0.404. The van der Waals surface area contributed by atoms with Crippen LogP contribution < -0.4 is 4.90 Å². The van der Waals surface area contributed by atoms with E-state index in [9.17, 15) is 0 Å². The molecular formula is C14H12Cl3N3. The lowest BCUT2D eigenvalue weighted by Crippen LogP contribution is -2.29. The largest absolute Gasteiger partial charge is 0.365 e. The molecule has 2 heterocycles. The summed E-state index contributed by atoms with van der Waals surface area (Å²) in [5, 5.41) is 9.83. The quantitative estimate of drug-likeness (QED) is 0.818. The Hall–Kier alpha value is -1.03. The number of rotatable bonds is 2. The second-order valence-corrected chi connectivity index (χ2v) is 5.93. The highest BCUT2D eigenvalue weighted by Crippen LogP contribution is 2.32. The number of hydrogen-bond donors (Lipinski definition) is 0. The van der Waals surface area contributed by atoms with Crippen molar-refractivity contribution in [1.29, 1.82) is 0 Å². The monoisotopic (exact) mass is 327 g/mol. The van der Waals surface area contributed by atoms with E-state index in [0.29, 0.717) is 21.7 Å². The van der Waals surface area contributed by atoms with Gasteiger partial charge in [0, 0.05) is 34.8 Å². The molecule has 0 atom stereocenters. The SMILES string of the molecule is Clc1cc2c(nn1)CCCN2Cc1c(Cl)cccc1Cl. The summed E-state index contributed by atoms with van der Waals surface area (Å²) in [6, 6.07) is 7.41. The second kappa shape index (κ2) is 5.76. The van der Waals surface area contributed by atoms with E-state index in [2.05, 4.69) is 15.1 Å². The van der Waals surface area contributed by atoms with Crippen LogP contribution in [0.15, 0.2) is 24.3 Å². The first-order chi connectivity index (χ1) is 9.65. The van der Waals surface area contributed by atoms with E-state index in [-0.39, 0.29) is 0 Å². The fourth-order valence-electron chi connectivity index (χ4n) is 2.43. The number of halogens is 3. The van der Waals surface area contributed by atoms with Crippen LogP contribution in [0.2, 0.25) is 15.2 Å². The third-order valence-corrected chi connectivity index (χ3v) is 4.30. The van der Waals surface area contributed by atoms with Gasteiger partial charge in [-0.3, -0.25) is 0 Å². The summed E-state index contributed by atoms with van der Waals surface area (Å²) in [6.07, 6.45) is 1.96. The zero-order valence-electron chi connectivity index (χ0n) is 10.6. The van der Waals surface area contributed by atoms with Crippen molar-refractivity contribution in [1.82, 2.24) is 10.2 Å². The molecule has 0 saturated carbocycles. The molecule has 1 aliphatic rings. The molecule has 6 heteroatoms. The summed E-state index contributed by atoms with van der Waals surface area (Å²) >= 11 is 18.4. The van der Waals surface area contributed by atoms with Gasteiger partial charge in [0.2, 0.25) is 0 Å². The van der Waals surface area contributed by atoms with Crippen LogP contribution in [0.25, 0.3) is 0 Å². The van der Waals surface area contributed by atoms with Gasteiger partial charge in [0.25, 0.3) is 0 Å². The van der Waals surface area contributed by atoms with Gasteiger partial charge in [0.1, 0.15) is 0 Å². The first kappa shape index (κ1) is 13.9. The molecule has 0 aliphatic carbocycles. The van der Waals surface area contributed by atoms with Gasteiger partial charge < -0.3 is 4.90 Å². The molecule has 0 unspecified atom stereocenters.